The first kappa shape index (κ1) is 28.6. The molecule has 0 aliphatic carbocycles. The molecule has 1 unspecified atom stereocenters. The van der Waals surface area contributed by atoms with Crippen LogP contribution in [-0.4, -0.2) is 34.4 Å². The van der Waals surface area contributed by atoms with Crippen LogP contribution in [-0.2, 0) is 14.3 Å². The fourth-order valence-corrected chi connectivity index (χ4v) is 3.70. The molecule has 0 aliphatic rings. The number of ether oxygens (including phenoxy) is 1. The molecule has 0 spiro atoms. The number of esters is 1. The van der Waals surface area contributed by atoms with Crippen molar-refractivity contribution >= 4 is 11.9 Å². The van der Waals surface area contributed by atoms with Gasteiger partial charge < -0.3 is 14.9 Å². The molecule has 0 aromatic heterocycles. The normalized spacial score (nSPS) is 13.4. The van der Waals surface area contributed by atoms with Crippen LogP contribution in [0.1, 0.15) is 123 Å². The van der Waals surface area contributed by atoms with Gasteiger partial charge in [0, 0.05) is 0 Å². The average Bonchev–Trinajstić information content (AvgIpc) is 2.67. The molecule has 0 heterocycles. The number of carbonyl (C=O) groups excluding carboxylic acids is 1. The van der Waals surface area contributed by atoms with E-state index in [0.29, 0.717) is 6.42 Å². The summed E-state index contributed by atoms with van der Waals surface area (Å²) in [5.74, 6) is -1.63. The number of aliphatic hydroxyl groups is 1. The van der Waals surface area contributed by atoms with Gasteiger partial charge in [-0.2, -0.15) is 0 Å². The van der Waals surface area contributed by atoms with Gasteiger partial charge in [-0.15, -0.1) is 0 Å². The van der Waals surface area contributed by atoms with Crippen molar-refractivity contribution in [3.63, 3.8) is 0 Å². The first-order chi connectivity index (χ1) is 14.4. The van der Waals surface area contributed by atoms with Gasteiger partial charge in [0.2, 0.25) is 0 Å². The number of allylic oxidation sites excluding steroid dienone is 2. The van der Waals surface area contributed by atoms with E-state index in [0.717, 1.165) is 32.1 Å². The van der Waals surface area contributed by atoms with Gasteiger partial charge in [0.25, 0.3) is 0 Å². The maximum Gasteiger partial charge on any atom is 0.308 e. The molecule has 0 aromatic rings. The molecule has 176 valence electrons. The van der Waals surface area contributed by atoms with Gasteiger partial charge in [-0.25, -0.2) is 0 Å². The van der Waals surface area contributed by atoms with E-state index in [1.165, 1.54) is 57.8 Å². The lowest BCUT2D eigenvalue weighted by Gasteiger charge is -2.25. The van der Waals surface area contributed by atoms with Crippen LogP contribution in [0.3, 0.4) is 0 Å². The van der Waals surface area contributed by atoms with Gasteiger partial charge in [-0.05, 0) is 39.0 Å². The predicted molar refractivity (Wildman–Crippen MR) is 123 cm³/mol. The lowest BCUT2D eigenvalue weighted by atomic mass is 9.89. The van der Waals surface area contributed by atoms with Crippen molar-refractivity contribution in [1.82, 2.24) is 0 Å². The van der Waals surface area contributed by atoms with E-state index >= 15 is 0 Å². The van der Waals surface area contributed by atoms with Crippen LogP contribution < -0.4 is 0 Å². The minimum absolute atomic E-state index is 0.232. The number of unbranched alkanes of at least 4 members (excludes halogenated alkanes) is 12. The quantitative estimate of drug-likeness (QED) is 0.123. The van der Waals surface area contributed by atoms with Crippen molar-refractivity contribution in [2.24, 2.45) is 0 Å². The number of carboxylic acid groups (broad SMARTS) is 1. The van der Waals surface area contributed by atoms with E-state index in [9.17, 15) is 14.7 Å². The van der Waals surface area contributed by atoms with Crippen molar-refractivity contribution in [1.29, 1.82) is 0 Å². The lowest BCUT2D eigenvalue weighted by Crippen LogP contribution is -2.35. The van der Waals surface area contributed by atoms with Crippen molar-refractivity contribution in [2.75, 3.05) is 6.61 Å². The fourth-order valence-electron chi connectivity index (χ4n) is 3.70. The number of hydrogen-bond acceptors (Lipinski definition) is 4. The summed E-state index contributed by atoms with van der Waals surface area (Å²) < 4.78 is 4.85. The Kier molecular flexibility index (Phi) is 18.7. The van der Waals surface area contributed by atoms with Gasteiger partial charge in [0.05, 0.1) is 25.0 Å². The summed E-state index contributed by atoms with van der Waals surface area (Å²) in [4.78, 5) is 22.6. The maximum absolute atomic E-state index is 11.6. The molecule has 5 heteroatoms. The largest absolute Gasteiger partial charge is 0.481 e. The molecule has 0 bridgehead atoms. The Morgan fingerprint density at radius 1 is 0.767 bits per heavy atom. The SMILES string of the molecule is CCCCCCCC/C=C/CCCCCCCCC(O)(CC(=O)O)CC(=O)OCC. The molecule has 0 radical (unpaired) electrons. The third kappa shape index (κ3) is 18.7. The summed E-state index contributed by atoms with van der Waals surface area (Å²) in [6, 6.07) is 0. The third-order valence-corrected chi connectivity index (χ3v) is 5.41. The van der Waals surface area contributed by atoms with Crippen LogP contribution >= 0.6 is 0 Å². The number of carbonyl (C=O) groups is 2. The topological polar surface area (TPSA) is 83.8 Å². The molecule has 1 atom stereocenters. The number of carboxylic acids is 1. The van der Waals surface area contributed by atoms with Crippen LogP contribution in [0.5, 0.6) is 0 Å². The molecule has 5 nitrogen and oxygen atoms in total. The van der Waals surface area contributed by atoms with E-state index in [-0.39, 0.29) is 13.0 Å². The molecule has 2 N–H and O–H groups in total. The predicted octanol–water partition coefficient (Wildman–Crippen LogP) is 6.57. The van der Waals surface area contributed by atoms with Crippen LogP contribution in [0.2, 0.25) is 0 Å². The van der Waals surface area contributed by atoms with Crippen molar-refractivity contribution in [3.8, 4) is 0 Å². The minimum Gasteiger partial charge on any atom is -0.481 e. The third-order valence-electron chi connectivity index (χ3n) is 5.41. The zero-order valence-corrected chi connectivity index (χ0v) is 19.5. The Morgan fingerprint density at radius 3 is 1.77 bits per heavy atom. The van der Waals surface area contributed by atoms with Gasteiger partial charge >= 0.3 is 11.9 Å². The van der Waals surface area contributed by atoms with Crippen molar-refractivity contribution in [2.45, 2.75) is 129 Å². The van der Waals surface area contributed by atoms with Crippen LogP contribution in [0.4, 0.5) is 0 Å². The second-order valence-corrected chi connectivity index (χ2v) is 8.46. The Balaban J connectivity index is 3.70. The molecule has 0 aromatic carbocycles. The highest BCUT2D eigenvalue weighted by Gasteiger charge is 2.33. The summed E-state index contributed by atoms with van der Waals surface area (Å²) >= 11 is 0. The van der Waals surface area contributed by atoms with E-state index < -0.39 is 24.0 Å². The average molecular weight is 427 g/mol. The highest BCUT2D eigenvalue weighted by molar-refractivity contribution is 5.73. The highest BCUT2D eigenvalue weighted by Crippen LogP contribution is 2.24. The molecular weight excluding hydrogens is 380 g/mol. The zero-order valence-electron chi connectivity index (χ0n) is 19.5. The monoisotopic (exact) mass is 426 g/mol. The van der Waals surface area contributed by atoms with Crippen LogP contribution in [0.15, 0.2) is 12.2 Å². The van der Waals surface area contributed by atoms with Crippen LogP contribution in [0.25, 0.3) is 0 Å². The molecule has 0 fully saturated rings. The van der Waals surface area contributed by atoms with Crippen molar-refractivity contribution < 1.29 is 24.5 Å². The summed E-state index contributed by atoms with van der Waals surface area (Å²) in [7, 11) is 0. The summed E-state index contributed by atoms with van der Waals surface area (Å²) in [5.41, 5.74) is -1.50. The molecule has 0 saturated heterocycles. The number of aliphatic carboxylic acids is 1. The lowest BCUT2D eigenvalue weighted by molar-refractivity contribution is -0.153. The first-order valence-electron chi connectivity index (χ1n) is 12.2. The Morgan fingerprint density at radius 2 is 1.27 bits per heavy atom. The van der Waals surface area contributed by atoms with E-state index in [2.05, 4.69) is 19.1 Å². The minimum atomic E-state index is -1.50. The van der Waals surface area contributed by atoms with Gasteiger partial charge in [0.1, 0.15) is 0 Å². The second-order valence-electron chi connectivity index (χ2n) is 8.46. The zero-order chi connectivity index (χ0) is 22.5. The highest BCUT2D eigenvalue weighted by atomic mass is 16.5. The molecule has 0 amide bonds. The maximum atomic E-state index is 11.6. The first-order valence-corrected chi connectivity index (χ1v) is 12.2. The molecular formula is C25H46O5. The molecule has 30 heavy (non-hydrogen) atoms. The number of rotatable bonds is 21. The van der Waals surface area contributed by atoms with Gasteiger partial charge in [-0.3, -0.25) is 9.59 Å². The van der Waals surface area contributed by atoms with E-state index in [1.807, 2.05) is 0 Å². The van der Waals surface area contributed by atoms with E-state index in [4.69, 9.17) is 9.84 Å². The summed E-state index contributed by atoms with van der Waals surface area (Å²) in [6.07, 6.45) is 21.0. The second kappa shape index (κ2) is 19.6. The number of hydrogen-bond donors (Lipinski definition) is 2. The Labute approximate surface area is 184 Å². The fraction of sp³-hybridized carbons (Fsp3) is 0.840. The van der Waals surface area contributed by atoms with Gasteiger partial charge in [0.15, 0.2) is 0 Å². The smallest absolute Gasteiger partial charge is 0.308 e. The Hall–Kier alpha value is -1.36. The summed E-state index contributed by atoms with van der Waals surface area (Å²) in [5, 5.41) is 19.5. The molecule has 0 rings (SSSR count). The molecule has 0 saturated carbocycles. The molecule has 0 aliphatic heterocycles. The van der Waals surface area contributed by atoms with Gasteiger partial charge in [-0.1, -0.05) is 83.3 Å². The van der Waals surface area contributed by atoms with Crippen molar-refractivity contribution in [3.05, 3.63) is 12.2 Å². The Bertz CT molecular complexity index is 460. The van der Waals surface area contributed by atoms with Crippen LogP contribution in [0, 0.1) is 0 Å². The van der Waals surface area contributed by atoms with E-state index in [1.54, 1.807) is 6.92 Å². The summed E-state index contributed by atoms with van der Waals surface area (Å²) in [6.45, 7) is 4.18. The standard InChI is InChI=1S/C25H46O5/c1-3-5-6-7-8-9-10-11-12-13-14-15-16-17-18-19-20-25(29,21-23(26)27)22-24(28)30-4-2/h11-12,29H,3-10,13-22H2,1-2H3,(H,26,27)/b12-11+.